The Morgan fingerprint density at radius 2 is 2.14 bits per heavy atom. The van der Waals surface area contributed by atoms with E-state index in [4.69, 9.17) is 0 Å². The molecular formula is C13H16N4O3S. The van der Waals surface area contributed by atoms with E-state index in [1.807, 2.05) is 9.40 Å². The fraction of sp³-hybridized carbons (Fsp3) is 0.462. The van der Waals surface area contributed by atoms with Gasteiger partial charge in [-0.2, -0.15) is 5.10 Å². The summed E-state index contributed by atoms with van der Waals surface area (Å²) in [6.45, 7) is 2.11. The molecule has 8 heteroatoms. The summed E-state index contributed by atoms with van der Waals surface area (Å²) in [5.74, 6) is -0.0435. The van der Waals surface area contributed by atoms with Crippen molar-refractivity contribution in [1.29, 1.82) is 0 Å². The largest absolute Gasteiger partial charge is 0.268 e. The maximum atomic E-state index is 11.8. The van der Waals surface area contributed by atoms with Gasteiger partial charge in [-0.15, -0.1) is 0 Å². The average molecular weight is 308 g/mol. The average Bonchev–Trinajstić information content (AvgIpc) is 3.15. The molecule has 1 saturated carbocycles. The summed E-state index contributed by atoms with van der Waals surface area (Å²) in [6.07, 6.45) is 6.38. The Labute approximate surface area is 122 Å². The highest BCUT2D eigenvalue weighted by Crippen LogP contribution is 2.39. The number of amides is 1. The normalized spacial score (nSPS) is 16.9. The monoisotopic (exact) mass is 308 g/mol. The summed E-state index contributed by atoms with van der Waals surface area (Å²) in [4.78, 5) is 16.1. The molecule has 0 spiro atoms. The molecule has 1 unspecified atom stereocenters. The number of nitrogens with zero attached hydrogens (tertiary/aromatic N) is 3. The van der Waals surface area contributed by atoms with Crippen LogP contribution in [-0.2, 0) is 10.0 Å². The molecule has 0 aliphatic heterocycles. The lowest BCUT2D eigenvalue weighted by atomic mass is 10.2. The van der Waals surface area contributed by atoms with E-state index < -0.39 is 15.9 Å². The highest BCUT2D eigenvalue weighted by Gasteiger charge is 2.30. The van der Waals surface area contributed by atoms with Crippen molar-refractivity contribution in [3.05, 3.63) is 24.0 Å². The predicted molar refractivity (Wildman–Crippen MR) is 77.3 cm³/mol. The third-order valence-corrected chi connectivity index (χ3v) is 4.22. The number of carbonyl (C=O) groups excluding carboxylic acids is 1. The number of rotatable bonds is 4. The van der Waals surface area contributed by atoms with Crippen LogP contribution in [0.5, 0.6) is 0 Å². The minimum atomic E-state index is -3.58. The van der Waals surface area contributed by atoms with E-state index >= 15 is 0 Å². The van der Waals surface area contributed by atoms with Crippen LogP contribution >= 0.6 is 0 Å². The Bertz CT molecular complexity index is 808. The standard InChI is InChI=1S/C13H16N4O3S/c1-8(9-3-4-9)17-12-10(7-15-17)5-11(6-14-12)13(18)16-21(2,19)20/h5-9H,3-4H2,1-2H3,(H,16,18). The van der Waals surface area contributed by atoms with Crippen molar-refractivity contribution in [2.45, 2.75) is 25.8 Å². The van der Waals surface area contributed by atoms with Crippen LogP contribution in [0.25, 0.3) is 11.0 Å². The quantitative estimate of drug-likeness (QED) is 0.912. The van der Waals surface area contributed by atoms with Crippen LogP contribution in [0.4, 0.5) is 0 Å². The molecule has 2 aromatic heterocycles. The number of hydrogen-bond donors (Lipinski definition) is 1. The fourth-order valence-corrected chi connectivity index (χ4v) is 2.82. The molecule has 112 valence electrons. The van der Waals surface area contributed by atoms with Crippen molar-refractivity contribution in [2.24, 2.45) is 5.92 Å². The number of fused-ring (bicyclic) bond motifs is 1. The summed E-state index contributed by atoms with van der Waals surface area (Å²) < 4.78 is 26.0. The van der Waals surface area contributed by atoms with Gasteiger partial charge >= 0.3 is 0 Å². The summed E-state index contributed by atoms with van der Waals surface area (Å²) in [5.41, 5.74) is 0.914. The van der Waals surface area contributed by atoms with Crippen LogP contribution in [0.15, 0.2) is 18.5 Å². The second kappa shape index (κ2) is 4.80. The molecule has 1 amide bonds. The van der Waals surface area contributed by atoms with E-state index in [2.05, 4.69) is 17.0 Å². The van der Waals surface area contributed by atoms with Crippen molar-refractivity contribution in [3.63, 3.8) is 0 Å². The Morgan fingerprint density at radius 1 is 1.43 bits per heavy atom. The van der Waals surface area contributed by atoms with Crippen LogP contribution < -0.4 is 4.72 Å². The molecule has 1 aliphatic carbocycles. The van der Waals surface area contributed by atoms with Crippen molar-refractivity contribution in [2.75, 3.05) is 6.26 Å². The SMILES string of the molecule is CC(C1CC1)n1ncc2cc(C(=O)NS(C)(=O)=O)cnc21. The van der Waals surface area contributed by atoms with Gasteiger partial charge in [0.1, 0.15) is 0 Å². The Morgan fingerprint density at radius 3 is 2.76 bits per heavy atom. The first-order chi connectivity index (χ1) is 9.85. The smallest absolute Gasteiger partial charge is 0.266 e. The molecule has 2 heterocycles. The Hall–Kier alpha value is -1.96. The van der Waals surface area contributed by atoms with E-state index in [0.717, 1.165) is 11.6 Å². The first-order valence-corrected chi connectivity index (χ1v) is 8.59. The zero-order chi connectivity index (χ0) is 15.2. The Kier molecular flexibility index (Phi) is 3.20. The molecular weight excluding hydrogens is 292 g/mol. The minimum absolute atomic E-state index is 0.201. The maximum absolute atomic E-state index is 11.8. The number of aromatic nitrogens is 3. The van der Waals surface area contributed by atoms with E-state index in [9.17, 15) is 13.2 Å². The van der Waals surface area contributed by atoms with Gasteiger partial charge in [0.15, 0.2) is 5.65 Å². The van der Waals surface area contributed by atoms with Crippen molar-refractivity contribution in [1.82, 2.24) is 19.5 Å². The summed E-state index contributed by atoms with van der Waals surface area (Å²) in [7, 11) is -3.58. The second-order valence-electron chi connectivity index (χ2n) is 5.51. The number of sulfonamides is 1. The van der Waals surface area contributed by atoms with Crippen molar-refractivity contribution in [3.8, 4) is 0 Å². The van der Waals surface area contributed by atoms with Gasteiger partial charge in [-0.1, -0.05) is 0 Å². The first kappa shape index (κ1) is 14.0. The van der Waals surface area contributed by atoms with Gasteiger partial charge in [0, 0.05) is 11.6 Å². The predicted octanol–water partition coefficient (Wildman–Crippen LogP) is 1.09. The van der Waals surface area contributed by atoms with E-state index in [-0.39, 0.29) is 11.6 Å². The van der Waals surface area contributed by atoms with Crippen LogP contribution in [0.2, 0.25) is 0 Å². The molecule has 0 aromatic carbocycles. The van der Waals surface area contributed by atoms with Crippen LogP contribution in [0.1, 0.15) is 36.2 Å². The second-order valence-corrected chi connectivity index (χ2v) is 7.26. The van der Waals surface area contributed by atoms with Crippen LogP contribution in [0, 0.1) is 5.92 Å². The molecule has 3 rings (SSSR count). The molecule has 7 nitrogen and oxygen atoms in total. The van der Waals surface area contributed by atoms with E-state index in [1.54, 1.807) is 12.3 Å². The van der Waals surface area contributed by atoms with Gasteiger partial charge < -0.3 is 0 Å². The van der Waals surface area contributed by atoms with Crippen LogP contribution in [-0.4, -0.2) is 35.3 Å². The fourth-order valence-electron chi connectivity index (χ4n) is 2.37. The van der Waals surface area contributed by atoms with Gasteiger partial charge in [0.25, 0.3) is 5.91 Å². The molecule has 1 fully saturated rings. The topological polar surface area (TPSA) is 94.0 Å². The third-order valence-electron chi connectivity index (χ3n) is 3.66. The highest BCUT2D eigenvalue weighted by atomic mass is 32.2. The van der Waals surface area contributed by atoms with E-state index in [0.29, 0.717) is 11.6 Å². The minimum Gasteiger partial charge on any atom is -0.268 e. The number of carbonyl (C=O) groups is 1. The summed E-state index contributed by atoms with van der Waals surface area (Å²) >= 11 is 0. The molecule has 0 saturated heterocycles. The third kappa shape index (κ3) is 2.90. The van der Waals surface area contributed by atoms with Gasteiger partial charge in [0.2, 0.25) is 10.0 Å². The molecule has 0 radical (unpaired) electrons. The Balaban J connectivity index is 1.93. The lowest BCUT2D eigenvalue weighted by Gasteiger charge is -2.11. The van der Waals surface area contributed by atoms with Crippen molar-refractivity contribution >= 4 is 27.0 Å². The van der Waals surface area contributed by atoms with Crippen LogP contribution in [0.3, 0.4) is 0 Å². The van der Waals surface area contributed by atoms with Crippen molar-refractivity contribution < 1.29 is 13.2 Å². The maximum Gasteiger partial charge on any atom is 0.266 e. The lowest BCUT2D eigenvalue weighted by molar-refractivity contribution is 0.0981. The zero-order valence-electron chi connectivity index (χ0n) is 11.8. The number of nitrogens with one attached hydrogen (secondary N) is 1. The summed E-state index contributed by atoms with van der Waals surface area (Å²) in [5, 5.41) is 5.06. The van der Waals surface area contributed by atoms with Gasteiger partial charge in [0.05, 0.1) is 24.1 Å². The van der Waals surface area contributed by atoms with E-state index in [1.165, 1.54) is 19.0 Å². The van der Waals surface area contributed by atoms with Gasteiger partial charge in [-0.3, -0.25) is 4.79 Å². The molecule has 1 aliphatic rings. The lowest BCUT2D eigenvalue weighted by Crippen LogP contribution is -2.29. The summed E-state index contributed by atoms with van der Waals surface area (Å²) in [6, 6.07) is 1.89. The number of pyridine rings is 1. The number of hydrogen-bond acceptors (Lipinski definition) is 5. The highest BCUT2D eigenvalue weighted by molar-refractivity contribution is 7.89. The first-order valence-electron chi connectivity index (χ1n) is 6.70. The molecule has 0 bridgehead atoms. The zero-order valence-corrected chi connectivity index (χ0v) is 12.6. The van der Waals surface area contributed by atoms with Gasteiger partial charge in [-0.25, -0.2) is 22.8 Å². The molecule has 1 atom stereocenters. The van der Waals surface area contributed by atoms with Gasteiger partial charge in [-0.05, 0) is 31.7 Å². The molecule has 21 heavy (non-hydrogen) atoms. The molecule has 2 aromatic rings. The molecule has 1 N–H and O–H groups in total.